The molecule has 16 heavy (non-hydrogen) atoms. The minimum atomic E-state index is 0.749. The fraction of sp³-hybridized carbons (Fsp3) is 0.167. The zero-order valence-corrected chi connectivity index (χ0v) is 9.14. The van der Waals surface area contributed by atoms with Crippen molar-refractivity contribution in [2.24, 2.45) is 0 Å². The van der Waals surface area contributed by atoms with Crippen LogP contribution in [-0.4, -0.2) is 14.6 Å². The van der Waals surface area contributed by atoms with E-state index in [9.17, 15) is 0 Å². The van der Waals surface area contributed by atoms with Crippen molar-refractivity contribution in [1.29, 1.82) is 0 Å². The fourth-order valence-electron chi connectivity index (χ4n) is 1.81. The minimum Gasteiger partial charge on any atom is -0.458 e. The molecule has 4 nitrogen and oxygen atoms in total. The van der Waals surface area contributed by atoms with Gasteiger partial charge in [-0.25, -0.2) is 0 Å². The fourth-order valence-corrected chi connectivity index (χ4v) is 1.81. The quantitative estimate of drug-likeness (QED) is 0.624. The van der Waals surface area contributed by atoms with Crippen LogP contribution in [0.5, 0.6) is 0 Å². The predicted octanol–water partition coefficient (Wildman–Crippen LogP) is 2.61. The van der Waals surface area contributed by atoms with Crippen LogP contribution in [0.4, 0.5) is 0 Å². The largest absolute Gasteiger partial charge is 0.458 e. The molecule has 0 fully saturated rings. The molecule has 0 aliphatic rings. The van der Waals surface area contributed by atoms with Gasteiger partial charge in [-0.15, -0.1) is 10.2 Å². The van der Waals surface area contributed by atoms with Gasteiger partial charge in [0.15, 0.2) is 11.4 Å². The van der Waals surface area contributed by atoms with Crippen LogP contribution in [0, 0.1) is 13.8 Å². The number of hydrogen-bond donors (Lipinski definition) is 0. The molecule has 0 aliphatic carbocycles. The van der Waals surface area contributed by atoms with E-state index in [1.165, 1.54) is 0 Å². The lowest BCUT2D eigenvalue weighted by molar-refractivity contribution is 0.543. The van der Waals surface area contributed by atoms with Gasteiger partial charge in [0, 0.05) is 5.69 Å². The first-order valence-electron chi connectivity index (χ1n) is 5.13. The zero-order chi connectivity index (χ0) is 11.1. The Morgan fingerprint density at radius 3 is 2.69 bits per heavy atom. The lowest BCUT2D eigenvalue weighted by atomic mass is 10.3. The minimum absolute atomic E-state index is 0.749. The summed E-state index contributed by atoms with van der Waals surface area (Å²) >= 11 is 0. The Labute approximate surface area is 92.5 Å². The number of pyridine rings is 1. The lowest BCUT2D eigenvalue weighted by Crippen LogP contribution is -1.92. The summed E-state index contributed by atoms with van der Waals surface area (Å²) in [6.45, 7) is 3.94. The standard InChI is InChI=1S/C12H11N3O/c1-8-4-3-5-11-13-14-12(15(8)11)10-7-6-9(2)16-10/h3-7H,1-2H3. The van der Waals surface area contributed by atoms with Crippen molar-refractivity contribution in [2.75, 3.05) is 0 Å². The van der Waals surface area contributed by atoms with E-state index >= 15 is 0 Å². The third-order valence-corrected chi connectivity index (χ3v) is 2.58. The van der Waals surface area contributed by atoms with Crippen molar-refractivity contribution in [3.63, 3.8) is 0 Å². The summed E-state index contributed by atoms with van der Waals surface area (Å²) in [5.74, 6) is 2.38. The van der Waals surface area contributed by atoms with E-state index in [0.29, 0.717) is 0 Å². The van der Waals surface area contributed by atoms with Gasteiger partial charge in [0.05, 0.1) is 0 Å². The number of nitrogens with zero attached hydrogens (tertiary/aromatic N) is 3. The predicted molar refractivity (Wildman–Crippen MR) is 60.2 cm³/mol. The molecule has 0 spiro atoms. The van der Waals surface area contributed by atoms with Gasteiger partial charge in [0.2, 0.25) is 5.82 Å². The van der Waals surface area contributed by atoms with Crippen LogP contribution in [0.3, 0.4) is 0 Å². The van der Waals surface area contributed by atoms with Gasteiger partial charge in [-0.3, -0.25) is 4.40 Å². The summed E-state index contributed by atoms with van der Waals surface area (Å²) in [5, 5.41) is 8.28. The maximum absolute atomic E-state index is 5.57. The number of fused-ring (bicyclic) bond motifs is 1. The number of rotatable bonds is 1. The van der Waals surface area contributed by atoms with E-state index < -0.39 is 0 Å². The van der Waals surface area contributed by atoms with Crippen LogP contribution >= 0.6 is 0 Å². The molecule has 3 heterocycles. The van der Waals surface area contributed by atoms with Crippen molar-refractivity contribution < 1.29 is 4.42 Å². The summed E-state index contributed by atoms with van der Waals surface area (Å²) in [5.41, 5.74) is 1.93. The highest BCUT2D eigenvalue weighted by atomic mass is 16.3. The Kier molecular flexibility index (Phi) is 1.83. The van der Waals surface area contributed by atoms with E-state index in [0.717, 1.165) is 28.7 Å². The van der Waals surface area contributed by atoms with Crippen LogP contribution < -0.4 is 0 Å². The second kappa shape index (κ2) is 3.20. The van der Waals surface area contributed by atoms with Gasteiger partial charge in [-0.2, -0.15) is 0 Å². The first kappa shape index (κ1) is 9.15. The van der Waals surface area contributed by atoms with Crippen molar-refractivity contribution >= 4 is 5.65 Å². The third-order valence-electron chi connectivity index (χ3n) is 2.58. The van der Waals surface area contributed by atoms with Gasteiger partial charge in [0.25, 0.3) is 0 Å². The second-order valence-electron chi connectivity index (χ2n) is 3.79. The molecular formula is C12H11N3O. The molecule has 0 radical (unpaired) electrons. The van der Waals surface area contributed by atoms with Crippen LogP contribution in [0.1, 0.15) is 11.5 Å². The molecule has 0 saturated carbocycles. The molecule has 0 aliphatic heterocycles. The molecule has 0 amide bonds. The Balaban J connectivity index is 2.32. The van der Waals surface area contributed by atoms with E-state index in [4.69, 9.17) is 4.42 Å². The maximum atomic E-state index is 5.57. The van der Waals surface area contributed by atoms with Gasteiger partial charge in [-0.05, 0) is 38.1 Å². The highest BCUT2D eigenvalue weighted by molar-refractivity contribution is 5.55. The molecule has 0 aromatic carbocycles. The zero-order valence-electron chi connectivity index (χ0n) is 9.14. The van der Waals surface area contributed by atoms with Crippen LogP contribution in [0.2, 0.25) is 0 Å². The van der Waals surface area contributed by atoms with Gasteiger partial charge in [-0.1, -0.05) is 6.07 Å². The second-order valence-corrected chi connectivity index (χ2v) is 3.79. The number of furan rings is 1. The molecule has 4 heteroatoms. The number of aromatic nitrogens is 3. The van der Waals surface area contributed by atoms with Crippen molar-refractivity contribution in [2.45, 2.75) is 13.8 Å². The topological polar surface area (TPSA) is 43.3 Å². The summed E-state index contributed by atoms with van der Waals surface area (Å²) in [7, 11) is 0. The average molecular weight is 213 g/mol. The molecule has 0 saturated heterocycles. The molecule has 0 atom stereocenters. The van der Waals surface area contributed by atoms with Crippen molar-refractivity contribution in [3.05, 3.63) is 41.8 Å². The van der Waals surface area contributed by atoms with Gasteiger partial charge >= 0.3 is 0 Å². The SMILES string of the molecule is Cc1ccc(-c2nnc3cccc(C)n23)o1. The molecule has 3 rings (SSSR count). The molecule has 0 unspecified atom stereocenters. The molecule has 0 N–H and O–H groups in total. The Bertz CT molecular complexity index is 651. The van der Waals surface area contributed by atoms with E-state index in [2.05, 4.69) is 10.2 Å². The Morgan fingerprint density at radius 1 is 1.06 bits per heavy atom. The number of hydrogen-bond acceptors (Lipinski definition) is 3. The average Bonchev–Trinajstić information content (AvgIpc) is 2.84. The third kappa shape index (κ3) is 1.23. The maximum Gasteiger partial charge on any atom is 0.204 e. The summed E-state index contributed by atoms with van der Waals surface area (Å²) in [6.07, 6.45) is 0. The van der Waals surface area contributed by atoms with E-state index in [1.54, 1.807) is 0 Å². The summed E-state index contributed by atoms with van der Waals surface area (Å²) < 4.78 is 7.55. The highest BCUT2D eigenvalue weighted by Crippen LogP contribution is 2.21. The van der Waals surface area contributed by atoms with Gasteiger partial charge < -0.3 is 4.42 Å². The smallest absolute Gasteiger partial charge is 0.204 e. The lowest BCUT2D eigenvalue weighted by Gasteiger charge is -2.00. The first-order chi connectivity index (χ1) is 7.75. The Hall–Kier alpha value is -2.10. The van der Waals surface area contributed by atoms with E-state index in [1.807, 2.05) is 48.6 Å². The van der Waals surface area contributed by atoms with Crippen LogP contribution in [0.25, 0.3) is 17.2 Å². The highest BCUT2D eigenvalue weighted by Gasteiger charge is 2.12. The van der Waals surface area contributed by atoms with E-state index in [-0.39, 0.29) is 0 Å². The summed E-state index contributed by atoms with van der Waals surface area (Å²) in [4.78, 5) is 0. The number of aryl methyl sites for hydroxylation is 2. The van der Waals surface area contributed by atoms with Crippen LogP contribution in [0.15, 0.2) is 34.7 Å². The monoisotopic (exact) mass is 213 g/mol. The van der Waals surface area contributed by atoms with Crippen molar-refractivity contribution in [1.82, 2.24) is 14.6 Å². The van der Waals surface area contributed by atoms with Crippen LogP contribution in [-0.2, 0) is 0 Å². The van der Waals surface area contributed by atoms with Crippen molar-refractivity contribution in [3.8, 4) is 11.6 Å². The normalized spacial score (nSPS) is 11.1. The Morgan fingerprint density at radius 2 is 1.94 bits per heavy atom. The molecule has 0 bridgehead atoms. The molecule has 3 aromatic heterocycles. The van der Waals surface area contributed by atoms with Gasteiger partial charge in [0.1, 0.15) is 5.76 Å². The summed E-state index contributed by atoms with van der Waals surface area (Å²) in [6, 6.07) is 9.76. The molecule has 3 aromatic rings. The first-order valence-corrected chi connectivity index (χ1v) is 5.13. The molecule has 80 valence electrons. The molecular weight excluding hydrogens is 202 g/mol.